The number of rotatable bonds is 5. The van der Waals surface area contributed by atoms with E-state index in [1.807, 2.05) is 18.2 Å². The topological polar surface area (TPSA) is 46.4 Å². The van der Waals surface area contributed by atoms with Crippen LogP contribution in [0.4, 0.5) is 0 Å². The molecule has 2 heterocycles. The van der Waals surface area contributed by atoms with Gasteiger partial charge in [-0.25, -0.2) is 4.98 Å². The molecule has 22 heavy (non-hydrogen) atoms. The lowest BCUT2D eigenvalue weighted by Crippen LogP contribution is -2.25. The quantitative estimate of drug-likeness (QED) is 0.734. The van der Waals surface area contributed by atoms with Gasteiger partial charge in [0, 0.05) is 18.9 Å². The largest absolute Gasteiger partial charge is 0.351 e. The Morgan fingerprint density at radius 2 is 1.95 bits per heavy atom. The van der Waals surface area contributed by atoms with E-state index < -0.39 is 0 Å². The predicted octanol–water partition coefficient (Wildman–Crippen LogP) is 3.35. The van der Waals surface area contributed by atoms with Crippen LogP contribution in [0, 0.1) is 0 Å². The number of benzene rings is 1. The Morgan fingerprint density at radius 3 is 2.77 bits per heavy atom. The summed E-state index contributed by atoms with van der Waals surface area (Å²) in [5.74, 6) is -0.159. The number of nitrogens with zero attached hydrogens (tertiary/aromatic N) is 2. The SMILES string of the molecule is O=C(NCCCc1ccccc1)c1cn2cc(Cl)ccc2n1. The zero-order chi connectivity index (χ0) is 15.4. The first-order valence-electron chi connectivity index (χ1n) is 7.19. The second-order valence-corrected chi connectivity index (χ2v) is 5.52. The van der Waals surface area contributed by atoms with Gasteiger partial charge in [-0.3, -0.25) is 4.79 Å². The summed E-state index contributed by atoms with van der Waals surface area (Å²) in [6.45, 7) is 0.627. The molecule has 3 aromatic rings. The molecule has 0 saturated carbocycles. The summed E-state index contributed by atoms with van der Waals surface area (Å²) in [5, 5.41) is 3.51. The van der Waals surface area contributed by atoms with Gasteiger partial charge in [-0.1, -0.05) is 41.9 Å². The van der Waals surface area contributed by atoms with E-state index in [1.54, 1.807) is 28.9 Å². The van der Waals surface area contributed by atoms with Gasteiger partial charge in [0.25, 0.3) is 5.91 Å². The van der Waals surface area contributed by atoms with Crippen LogP contribution in [0.5, 0.6) is 0 Å². The third-order valence-corrected chi connectivity index (χ3v) is 3.64. The number of pyridine rings is 1. The maximum Gasteiger partial charge on any atom is 0.271 e. The summed E-state index contributed by atoms with van der Waals surface area (Å²) in [4.78, 5) is 16.4. The molecule has 5 heteroatoms. The number of aromatic nitrogens is 2. The molecule has 0 radical (unpaired) electrons. The summed E-state index contributed by atoms with van der Waals surface area (Å²) in [6, 6.07) is 13.8. The van der Waals surface area contributed by atoms with Gasteiger partial charge in [-0.2, -0.15) is 0 Å². The molecular formula is C17H16ClN3O. The Hall–Kier alpha value is -2.33. The number of carbonyl (C=O) groups is 1. The molecule has 0 bridgehead atoms. The van der Waals surface area contributed by atoms with Gasteiger partial charge in [0.1, 0.15) is 11.3 Å². The number of carbonyl (C=O) groups excluding carboxylic acids is 1. The fourth-order valence-electron chi connectivity index (χ4n) is 2.30. The van der Waals surface area contributed by atoms with Crippen molar-refractivity contribution in [1.82, 2.24) is 14.7 Å². The zero-order valence-electron chi connectivity index (χ0n) is 12.0. The number of hydrogen-bond donors (Lipinski definition) is 1. The number of halogens is 1. The summed E-state index contributed by atoms with van der Waals surface area (Å²) >= 11 is 5.92. The number of hydrogen-bond acceptors (Lipinski definition) is 2. The van der Waals surface area contributed by atoms with Crippen LogP contribution in [0.2, 0.25) is 5.02 Å². The second-order valence-electron chi connectivity index (χ2n) is 5.08. The molecule has 4 nitrogen and oxygen atoms in total. The van der Waals surface area contributed by atoms with Crippen molar-refractivity contribution >= 4 is 23.2 Å². The summed E-state index contributed by atoms with van der Waals surface area (Å²) in [6.07, 6.45) is 5.26. The first kappa shape index (κ1) is 14.6. The van der Waals surface area contributed by atoms with Gasteiger partial charge < -0.3 is 9.72 Å². The van der Waals surface area contributed by atoms with Gasteiger partial charge in [0.2, 0.25) is 0 Å². The molecule has 3 rings (SSSR count). The zero-order valence-corrected chi connectivity index (χ0v) is 12.8. The Kier molecular flexibility index (Phi) is 4.39. The highest BCUT2D eigenvalue weighted by Gasteiger charge is 2.10. The van der Waals surface area contributed by atoms with E-state index in [2.05, 4.69) is 22.4 Å². The van der Waals surface area contributed by atoms with Crippen LogP contribution in [0.3, 0.4) is 0 Å². The van der Waals surface area contributed by atoms with Crippen LogP contribution in [0.25, 0.3) is 5.65 Å². The molecule has 0 unspecified atom stereocenters. The molecule has 0 aliphatic carbocycles. The van der Waals surface area contributed by atoms with Crippen LogP contribution in [0.1, 0.15) is 22.5 Å². The van der Waals surface area contributed by atoms with E-state index in [-0.39, 0.29) is 5.91 Å². The van der Waals surface area contributed by atoms with Crippen LogP contribution < -0.4 is 5.32 Å². The van der Waals surface area contributed by atoms with Crippen molar-refractivity contribution in [2.45, 2.75) is 12.8 Å². The number of fused-ring (bicyclic) bond motifs is 1. The van der Waals surface area contributed by atoms with Crippen LogP contribution in [0.15, 0.2) is 54.9 Å². The van der Waals surface area contributed by atoms with Crippen molar-refractivity contribution in [3.05, 3.63) is 71.1 Å². The molecule has 0 aliphatic heterocycles. The fourth-order valence-corrected chi connectivity index (χ4v) is 2.47. The summed E-state index contributed by atoms with van der Waals surface area (Å²) in [7, 11) is 0. The first-order valence-corrected chi connectivity index (χ1v) is 7.56. The summed E-state index contributed by atoms with van der Waals surface area (Å²) < 4.78 is 1.75. The maximum atomic E-state index is 12.1. The average Bonchev–Trinajstić information content (AvgIpc) is 2.95. The van der Waals surface area contributed by atoms with Crippen LogP contribution in [-0.4, -0.2) is 21.8 Å². The Bertz CT molecular complexity index is 783. The third-order valence-electron chi connectivity index (χ3n) is 3.42. The van der Waals surface area contributed by atoms with Crippen molar-refractivity contribution in [3.63, 3.8) is 0 Å². The molecular weight excluding hydrogens is 298 g/mol. The van der Waals surface area contributed by atoms with Crippen molar-refractivity contribution in [3.8, 4) is 0 Å². The van der Waals surface area contributed by atoms with E-state index in [4.69, 9.17) is 11.6 Å². The molecule has 0 spiro atoms. The smallest absolute Gasteiger partial charge is 0.271 e. The Labute approximate surface area is 133 Å². The molecule has 0 fully saturated rings. The van der Waals surface area contributed by atoms with Gasteiger partial charge in [0.15, 0.2) is 0 Å². The number of nitrogens with one attached hydrogen (secondary N) is 1. The lowest BCUT2D eigenvalue weighted by atomic mass is 10.1. The highest BCUT2D eigenvalue weighted by atomic mass is 35.5. The minimum atomic E-state index is -0.159. The molecule has 0 atom stereocenters. The van der Waals surface area contributed by atoms with Gasteiger partial charge in [-0.05, 0) is 30.5 Å². The van der Waals surface area contributed by atoms with E-state index >= 15 is 0 Å². The molecule has 0 aliphatic rings. The van der Waals surface area contributed by atoms with Crippen molar-refractivity contribution in [2.24, 2.45) is 0 Å². The molecule has 0 saturated heterocycles. The van der Waals surface area contributed by atoms with Gasteiger partial charge >= 0.3 is 0 Å². The molecule has 112 valence electrons. The van der Waals surface area contributed by atoms with Crippen molar-refractivity contribution < 1.29 is 4.79 Å². The van der Waals surface area contributed by atoms with E-state index in [1.165, 1.54) is 5.56 Å². The highest BCUT2D eigenvalue weighted by Crippen LogP contribution is 2.11. The molecule has 1 aromatic carbocycles. The third kappa shape index (κ3) is 3.46. The van der Waals surface area contributed by atoms with E-state index in [0.29, 0.717) is 22.9 Å². The van der Waals surface area contributed by atoms with Crippen molar-refractivity contribution in [1.29, 1.82) is 0 Å². The van der Waals surface area contributed by atoms with E-state index in [9.17, 15) is 4.79 Å². The summed E-state index contributed by atoms with van der Waals surface area (Å²) in [5.41, 5.74) is 2.39. The monoisotopic (exact) mass is 313 g/mol. The number of aryl methyl sites for hydroxylation is 1. The van der Waals surface area contributed by atoms with Crippen molar-refractivity contribution in [2.75, 3.05) is 6.54 Å². The number of amides is 1. The Morgan fingerprint density at radius 1 is 1.14 bits per heavy atom. The lowest BCUT2D eigenvalue weighted by Gasteiger charge is -2.03. The minimum absolute atomic E-state index is 0.159. The lowest BCUT2D eigenvalue weighted by molar-refractivity contribution is 0.0949. The fraction of sp³-hybridized carbons (Fsp3) is 0.176. The normalized spacial score (nSPS) is 10.8. The predicted molar refractivity (Wildman–Crippen MR) is 87.3 cm³/mol. The van der Waals surface area contributed by atoms with E-state index in [0.717, 1.165) is 12.8 Å². The first-order chi connectivity index (χ1) is 10.7. The molecule has 1 N–H and O–H groups in total. The van der Waals surface area contributed by atoms with Crippen LogP contribution in [-0.2, 0) is 6.42 Å². The van der Waals surface area contributed by atoms with Gasteiger partial charge in [0.05, 0.1) is 5.02 Å². The minimum Gasteiger partial charge on any atom is -0.351 e. The number of imidazole rings is 1. The standard InChI is InChI=1S/C17H16ClN3O/c18-14-8-9-16-20-15(12-21(16)11-14)17(22)19-10-4-7-13-5-2-1-3-6-13/h1-3,5-6,8-9,11-12H,4,7,10H2,(H,19,22). The second kappa shape index (κ2) is 6.62. The van der Waals surface area contributed by atoms with Gasteiger partial charge in [-0.15, -0.1) is 0 Å². The maximum absolute atomic E-state index is 12.1. The van der Waals surface area contributed by atoms with Crippen LogP contribution >= 0.6 is 11.6 Å². The molecule has 1 amide bonds. The average molecular weight is 314 g/mol. The molecule has 2 aromatic heterocycles. The Balaban J connectivity index is 1.54. The highest BCUT2D eigenvalue weighted by molar-refractivity contribution is 6.30.